The van der Waals surface area contributed by atoms with Gasteiger partial charge in [0.25, 0.3) is 5.91 Å². The Morgan fingerprint density at radius 2 is 1.93 bits per heavy atom. The second-order valence-electron chi connectivity index (χ2n) is 7.01. The molecular formula is C20H25N5O4. The summed E-state index contributed by atoms with van der Waals surface area (Å²) in [6, 6.07) is 6.10. The first-order chi connectivity index (χ1) is 13.8. The van der Waals surface area contributed by atoms with Gasteiger partial charge in [0.1, 0.15) is 11.8 Å². The molecule has 1 saturated heterocycles. The molecule has 1 aromatic carbocycles. The van der Waals surface area contributed by atoms with Crippen molar-refractivity contribution in [3.8, 4) is 5.75 Å². The molecule has 0 spiro atoms. The molecule has 1 atom stereocenters. The number of methoxy groups -OCH3 is 1. The number of hydrogen-bond donors (Lipinski definition) is 2. The number of aromatic nitrogens is 2. The molecule has 9 heteroatoms. The second-order valence-corrected chi connectivity index (χ2v) is 7.01. The van der Waals surface area contributed by atoms with Gasteiger partial charge in [-0.3, -0.25) is 19.2 Å². The Kier molecular flexibility index (Phi) is 5.86. The minimum absolute atomic E-state index is 0.128. The van der Waals surface area contributed by atoms with E-state index in [2.05, 4.69) is 15.7 Å². The topological polar surface area (TPSA) is 106 Å². The normalized spacial score (nSPS) is 16.1. The van der Waals surface area contributed by atoms with Gasteiger partial charge >= 0.3 is 6.03 Å². The van der Waals surface area contributed by atoms with E-state index < -0.39 is 18.0 Å². The predicted octanol–water partition coefficient (Wildman–Crippen LogP) is 1.54. The van der Waals surface area contributed by atoms with E-state index in [1.165, 1.54) is 0 Å². The van der Waals surface area contributed by atoms with Crippen molar-refractivity contribution in [1.29, 1.82) is 0 Å². The number of rotatable bonds is 7. The first-order valence-electron chi connectivity index (χ1n) is 9.35. The van der Waals surface area contributed by atoms with Crippen LogP contribution < -0.4 is 15.4 Å². The van der Waals surface area contributed by atoms with Gasteiger partial charge in [-0.2, -0.15) is 5.10 Å². The van der Waals surface area contributed by atoms with Crippen LogP contribution in [0.15, 0.2) is 24.3 Å². The Hall–Kier alpha value is -3.36. The van der Waals surface area contributed by atoms with Crippen molar-refractivity contribution in [2.24, 2.45) is 7.05 Å². The standard InChI is InChI=1S/C20H25N5O4/c1-12-18(13(2)24(3)23-12)22-17(26)11-16-19(27)25(20(28)21-16)10-9-14-5-7-15(29-4)8-6-14/h5-8,16H,9-11H2,1-4H3,(H,21,28)(H,22,26). The molecule has 9 nitrogen and oxygen atoms in total. The van der Waals surface area contributed by atoms with Crippen LogP contribution in [0.1, 0.15) is 23.4 Å². The van der Waals surface area contributed by atoms with Crippen LogP contribution in [0.5, 0.6) is 5.75 Å². The zero-order valence-electron chi connectivity index (χ0n) is 17.0. The Morgan fingerprint density at radius 1 is 1.24 bits per heavy atom. The number of carbonyl (C=O) groups is 3. The van der Waals surface area contributed by atoms with Gasteiger partial charge in [-0.15, -0.1) is 0 Å². The van der Waals surface area contributed by atoms with Crippen LogP contribution >= 0.6 is 0 Å². The number of anilines is 1. The van der Waals surface area contributed by atoms with Gasteiger partial charge < -0.3 is 15.4 Å². The molecule has 154 valence electrons. The lowest BCUT2D eigenvalue weighted by Gasteiger charge is -2.13. The monoisotopic (exact) mass is 399 g/mol. The maximum absolute atomic E-state index is 12.6. The Morgan fingerprint density at radius 3 is 2.52 bits per heavy atom. The quantitative estimate of drug-likeness (QED) is 0.687. The summed E-state index contributed by atoms with van der Waals surface area (Å²) in [7, 11) is 3.38. The van der Waals surface area contributed by atoms with Gasteiger partial charge in [0.15, 0.2) is 0 Å². The van der Waals surface area contributed by atoms with E-state index in [0.717, 1.165) is 21.9 Å². The van der Waals surface area contributed by atoms with Crippen LogP contribution in [0.2, 0.25) is 0 Å². The molecule has 1 fully saturated rings. The predicted molar refractivity (Wildman–Crippen MR) is 107 cm³/mol. The number of imide groups is 1. The number of ether oxygens (including phenoxy) is 1. The molecule has 1 aliphatic rings. The Bertz CT molecular complexity index is 935. The van der Waals surface area contributed by atoms with Crippen LogP contribution in [-0.2, 0) is 23.1 Å². The maximum atomic E-state index is 12.6. The van der Waals surface area contributed by atoms with Crippen molar-refractivity contribution in [2.45, 2.75) is 32.7 Å². The third-order valence-electron chi connectivity index (χ3n) is 5.05. The largest absolute Gasteiger partial charge is 0.497 e. The highest BCUT2D eigenvalue weighted by molar-refractivity contribution is 6.07. The molecule has 2 N–H and O–H groups in total. The van der Waals surface area contributed by atoms with Crippen LogP contribution in [0, 0.1) is 13.8 Å². The SMILES string of the molecule is COc1ccc(CCN2C(=O)NC(CC(=O)Nc3c(C)nn(C)c3C)C2=O)cc1. The van der Waals surface area contributed by atoms with Gasteiger partial charge in [0, 0.05) is 13.6 Å². The van der Waals surface area contributed by atoms with E-state index in [9.17, 15) is 14.4 Å². The number of benzene rings is 1. The average molecular weight is 399 g/mol. The molecule has 1 aliphatic heterocycles. The minimum atomic E-state index is -0.865. The van der Waals surface area contributed by atoms with E-state index in [-0.39, 0.29) is 18.9 Å². The minimum Gasteiger partial charge on any atom is -0.497 e. The zero-order valence-corrected chi connectivity index (χ0v) is 17.0. The van der Waals surface area contributed by atoms with E-state index in [1.54, 1.807) is 25.8 Å². The fourth-order valence-corrected chi connectivity index (χ4v) is 3.29. The lowest BCUT2D eigenvalue weighted by Crippen LogP contribution is -2.35. The van der Waals surface area contributed by atoms with Crippen molar-refractivity contribution in [1.82, 2.24) is 20.0 Å². The summed E-state index contributed by atoms with van der Waals surface area (Å²) in [5.74, 6) is 0.00653. The van der Waals surface area contributed by atoms with E-state index in [1.807, 2.05) is 31.2 Å². The van der Waals surface area contributed by atoms with Crippen molar-refractivity contribution >= 4 is 23.5 Å². The van der Waals surface area contributed by atoms with Crippen LogP contribution in [-0.4, -0.2) is 52.2 Å². The fraction of sp³-hybridized carbons (Fsp3) is 0.400. The van der Waals surface area contributed by atoms with Crippen LogP contribution in [0.3, 0.4) is 0 Å². The highest BCUT2D eigenvalue weighted by Crippen LogP contribution is 2.19. The summed E-state index contributed by atoms with van der Waals surface area (Å²) in [5.41, 5.74) is 3.13. The molecule has 1 aromatic heterocycles. The molecule has 29 heavy (non-hydrogen) atoms. The molecule has 0 aliphatic carbocycles. The average Bonchev–Trinajstić information content (AvgIpc) is 3.09. The van der Waals surface area contributed by atoms with E-state index >= 15 is 0 Å². The number of hydrogen-bond acceptors (Lipinski definition) is 5. The van der Waals surface area contributed by atoms with E-state index in [0.29, 0.717) is 17.8 Å². The van der Waals surface area contributed by atoms with Crippen molar-refractivity contribution < 1.29 is 19.1 Å². The molecule has 0 saturated carbocycles. The third-order valence-corrected chi connectivity index (χ3v) is 5.05. The number of nitrogens with zero attached hydrogens (tertiary/aromatic N) is 3. The fourth-order valence-electron chi connectivity index (χ4n) is 3.29. The number of nitrogens with one attached hydrogen (secondary N) is 2. The van der Waals surface area contributed by atoms with Gasteiger partial charge in [-0.05, 0) is 38.0 Å². The molecule has 0 radical (unpaired) electrons. The highest BCUT2D eigenvalue weighted by atomic mass is 16.5. The van der Waals surface area contributed by atoms with E-state index in [4.69, 9.17) is 4.74 Å². The smallest absolute Gasteiger partial charge is 0.324 e. The first kappa shape index (κ1) is 20.4. The summed E-state index contributed by atoms with van der Waals surface area (Å²) in [6.07, 6.45) is 0.396. The van der Waals surface area contributed by atoms with Gasteiger partial charge in [-0.25, -0.2) is 4.79 Å². The molecule has 0 bridgehead atoms. The zero-order chi connectivity index (χ0) is 21.1. The van der Waals surface area contributed by atoms with Gasteiger partial charge in [-0.1, -0.05) is 12.1 Å². The molecule has 1 unspecified atom stereocenters. The summed E-state index contributed by atoms with van der Waals surface area (Å²) >= 11 is 0. The number of amides is 4. The molecule has 3 rings (SSSR count). The van der Waals surface area contributed by atoms with Crippen LogP contribution in [0.4, 0.5) is 10.5 Å². The number of aryl methyl sites for hydroxylation is 2. The summed E-state index contributed by atoms with van der Waals surface area (Å²) < 4.78 is 6.79. The van der Waals surface area contributed by atoms with Crippen molar-refractivity contribution in [2.75, 3.05) is 19.0 Å². The maximum Gasteiger partial charge on any atom is 0.324 e. The lowest BCUT2D eigenvalue weighted by atomic mass is 10.1. The molecule has 2 aromatic rings. The lowest BCUT2D eigenvalue weighted by molar-refractivity contribution is -0.129. The molecule has 4 amide bonds. The van der Waals surface area contributed by atoms with Gasteiger partial charge in [0.2, 0.25) is 5.91 Å². The third kappa shape index (κ3) is 4.39. The summed E-state index contributed by atoms with van der Waals surface area (Å²) in [5, 5.41) is 9.63. The molecule has 2 heterocycles. The summed E-state index contributed by atoms with van der Waals surface area (Å²) in [4.78, 5) is 38.3. The van der Waals surface area contributed by atoms with Crippen molar-refractivity contribution in [3.05, 3.63) is 41.2 Å². The highest BCUT2D eigenvalue weighted by Gasteiger charge is 2.38. The Balaban J connectivity index is 1.57. The molecular weight excluding hydrogens is 374 g/mol. The van der Waals surface area contributed by atoms with Crippen LogP contribution in [0.25, 0.3) is 0 Å². The van der Waals surface area contributed by atoms with Crippen molar-refractivity contribution in [3.63, 3.8) is 0 Å². The first-order valence-corrected chi connectivity index (χ1v) is 9.35. The van der Waals surface area contributed by atoms with Gasteiger partial charge in [0.05, 0.1) is 30.6 Å². The number of urea groups is 1. The Labute approximate surface area is 169 Å². The summed E-state index contributed by atoms with van der Waals surface area (Å²) in [6.45, 7) is 3.89. The second kappa shape index (κ2) is 8.34. The number of carbonyl (C=O) groups excluding carboxylic acids is 3.